The van der Waals surface area contributed by atoms with Crippen molar-refractivity contribution in [2.75, 3.05) is 6.54 Å². The van der Waals surface area contributed by atoms with Gasteiger partial charge in [-0.1, -0.05) is 18.2 Å². The van der Waals surface area contributed by atoms with Crippen molar-refractivity contribution < 1.29 is 33.6 Å². The highest BCUT2D eigenvalue weighted by atomic mass is 32.1. The maximum atomic E-state index is 13.6. The van der Waals surface area contributed by atoms with Crippen LogP contribution < -0.4 is 4.74 Å². The van der Waals surface area contributed by atoms with E-state index in [0.717, 1.165) is 22.2 Å². The lowest BCUT2D eigenvalue weighted by Crippen LogP contribution is -2.52. The topological polar surface area (TPSA) is 144 Å². The van der Waals surface area contributed by atoms with Gasteiger partial charge in [-0.3, -0.25) is 29.3 Å². The Morgan fingerprint density at radius 1 is 0.925 bits per heavy atom. The number of amides is 3. The number of nitro groups is 1. The van der Waals surface area contributed by atoms with E-state index in [1.807, 2.05) is 0 Å². The van der Waals surface area contributed by atoms with E-state index in [2.05, 4.69) is 0 Å². The molecule has 0 radical (unpaired) electrons. The number of hydrogen-bond donors (Lipinski definition) is 0. The Labute approximate surface area is 231 Å². The normalized spacial score (nSPS) is 17.9. The number of Topliss-reactive ketones (excluding diaryl/α,β-unsaturated/α-hetero) is 1. The van der Waals surface area contributed by atoms with Crippen LogP contribution >= 0.6 is 11.3 Å². The Kier molecular flexibility index (Phi) is 7.34. The molecule has 0 N–H and O–H groups in total. The van der Waals surface area contributed by atoms with Gasteiger partial charge in [-0.05, 0) is 60.7 Å². The first kappa shape index (κ1) is 26.6. The number of esters is 1. The average molecular weight is 560 g/mol. The summed E-state index contributed by atoms with van der Waals surface area (Å²) in [6.45, 7) is -0.644. The zero-order valence-corrected chi connectivity index (χ0v) is 21.6. The van der Waals surface area contributed by atoms with E-state index >= 15 is 0 Å². The van der Waals surface area contributed by atoms with Gasteiger partial charge < -0.3 is 4.74 Å². The predicted octanol–water partition coefficient (Wildman–Crippen LogP) is 4.07. The highest BCUT2D eigenvalue weighted by Gasteiger charge is 2.51. The summed E-state index contributed by atoms with van der Waals surface area (Å²) in [5.74, 6) is -4.21. The third-order valence-corrected chi connectivity index (χ3v) is 7.54. The number of nitro benzene ring substituents is 1. The number of carbonyl (C=O) groups excluding carboxylic acids is 5. The number of hydrazine groups is 1. The third-order valence-electron chi connectivity index (χ3n) is 6.69. The summed E-state index contributed by atoms with van der Waals surface area (Å²) in [5, 5.41) is 14.3. The first-order valence-electron chi connectivity index (χ1n) is 12.2. The number of allylic oxidation sites excluding steroid dienone is 2. The summed E-state index contributed by atoms with van der Waals surface area (Å²) >= 11 is 1.22. The minimum Gasteiger partial charge on any atom is -0.422 e. The number of fused-ring (bicyclic) bond motifs is 1. The zero-order chi connectivity index (χ0) is 28.4. The first-order chi connectivity index (χ1) is 19.2. The van der Waals surface area contributed by atoms with Crippen LogP contribution in [0.15, 0.2) is 78.2 Å². The smallest absolute Gasteiger partial charge is 0.353 e. The molecule has 5 rings (SSSR count). The van der Waals surface area contributed by atoms with Gasteiger partial charge in [0.25, 0.3) is 23.4 Å². The summed E-state index contributed by atoms with van der Waals surface area (Å²) < 4.78 is 5.30. The Hall–Kier alpha value is -4.97. The van der Waals surface area contributed by atoms with Crippen LogP contribution in [0.4, 0.5) is 5.69 Å². The maximum Gasteiger partial charge on any atom is 0.353 e. The lowest BCUT2D eigenvalue weighted by atomic mass is 9.85. The van der Waals surface area contributed by atoms with Gasteiger partial charge in [-0.15, -0.1) is 11.3 Å². The summed E-state index contributed by atoms with van der Waals surface area (Å²) in [4.78, 5) is 76.4. The molecule has 202 valence electrons. The number of hydrogen-bond acceptors (Lipinski definition) is 9. The molecule has 1 fully saturated rings. The molecule has 0 unspecified atom stereocenters. The molecule has 2 aromatic carbocycles. The van der Waals surface area contributed by atoms with E-state index in [1.165, 1.54) is 47.7 Å². The van der Waals surface area contributed by atoms with Gasteiger partial charge in [-0.25, -0.2) is 9.80 Å². The number of thiophene rings is 1. The first-order valence-corrected chi connectivity index (χ1v) is 13.1. The van der Waals surface area contributed by atoms with Crippen molar-refractivity contribution in [1.82, 2.24) is 10.0 Å². The monoisotopic (exact) mass is 559 g/mol. The van der Waals surface area contributed by atoms with Gasteiger partial charge in [0.15, 0.2) is 5.78 Å². The van der Waals surface area contributed by atoms with Gasteiger partial charge in [-0.2, -0.15) is 5.01 Å². The SMILES string of the molecule is O=C(CN(C(=O)c1ccc([N+](=O)[O-])cc1)N1C(=O)[C@H]2CC=CC[C@H]2C1=O)c1ccc(OC(=O)c2cccs2)cc1. The Morgan fingerprint density at radius 3 is 2.08 bits per heavy atom. The maximum absolute atomic E-state index is 13.6. The van der Waals surface area contributed by atoms with E-state index in [0.29, 0.717) is 17.7 Å². The minimum absolute atomic E-state index is 0.0390. The van der Waals surface area contributed by atoms with Crippen LogP contribution in [0.2, 0.25) is 0 Å². The molecule has 0 bridgehead atoms. The molecule has 1 saturated heterocycles. The molecule has 11 nitrogen and oxygen atoms in total. The molecule has 0 saturated carbocycles. The zero-order valence-electron chi connectivity index (χ0n) is 20.8. The molecule has 3 amide bonds. The van der Waals surface area contributed by atoms with Crippen molar-refractivity contribution >= 4 is 46.5 Å². The summed E-state index contributed by atoms with van der Waals surface area (Å²) in [7, 11) is 0. The fourth-order valence-corrected chi connectivity index (χ4v) is 5.22. The Morgan fingerprint density at radius 2 is 1.52 bits per heavy atom. The van der Waals surface area contributed by atoms with Gasteiger partial charge in [0, 0.05) is 23.3 Å². The highest BCUT2D eigenvalue weighted by molar-refractivity contribution is 7.12. The quantitative estimate of drug-likeness (QED) is 0.0764. The molecule has 1 aliphatic carbocycles. The molecule has 1 aromatic heterocycles. The van der Waals surface area contributed by atoms with E-state index in [1.54, 1.807) is 29.7 Å². The van der Waals surface area contributed by atoms with Crippen LogP contribution in [0.3, 0.4) is 0 Å². The summed E-state index contributed by atoms with van der Waals surface area (Å²) in [5.41, 5.74) is -0.136. The van der Waals surface area contributed by atoms with Crippen molar-refractivity contribution in [1.29, 1.82) is 0 Å². The molecule has 12 heteroatoms. The van der Waals surface area contributed by atoms with Crippen LogP contribution in [0.25, 0.3) is 0 Å². The second-order valence-electron chi connectivity index (χ2n) is 9.13. The van der Waals surface area contributed by atoms with E-state index in [9.17, 15) is 34.1 Å². The van der Waals surface area contributed by atoms with Crippen LogP contribution in [0.5, 0.6) is 5.75 Å². The highest BCUT2D eigenvalue weighted by Crippen LogP contribution is 2.36. The second-order valence-corrected chi connectivity index (χ2v) is 10.1. The largest absolute Gasteiger partial charge is 0.422 e. The number of ether oxygens (including phenoxy) is 1. The second kappa shape index (κ2) is 11.0. The van der Waals surface area contributed by atoms with Gasteiger partial charge in [0.2, 0.25) is 0 Å². The standard InChI is InChI=1S/C28H21N3O8S/c32-23(17-9-13-20(14-10-17)39-28(36)24-6-3-15-40-24)16-29(25(33)18-7-11-19(12-8-18)31(37)38)30-26(34)21-4-1-2-5-22(21)27(30)35/h1-3,6-15,21-22H,4-5,16H2/t21-,22+. The molecule has 2 aliphatic rings. The number of rotatable bonds is 8. The van der Waals surface area contributed by atoms with Crippen LogP contribution in [0.1, 0.15) is 43.2 Å². The fourth-order valence-electron chi connectivity index (χ4n) is 4.62. The Bertz CT molecular complexity index is 1500. The minimum atomic E-state index is -0.835. The molecule has 1 aliphatic heterocycles. The predicted molar refractivity (Wildman–Crippen MR) is 141 cm³/mol. The van der Waals surface area contributed by atoms with Crippen molar-refractivity contribution in [3.05, 3.63) is 104 Å². The summed E-state index contributed by atoms with van der Waals surface area (Å²) in [6, 6.07) is 13.7. The van der Waals surface area contributed by atoms with Crippen LogP contribution in [0, 0.1) is 22.0 Å². The van der Waals surface area contributed by atoms with Crippen molar-refractivity contribution in [3.8, 4) is 5.75 Å². The number of benzene rings is 2. The average Bonchev–Trinajstić information content (AvgIpc) is 3.59. The molecule has 2 heterocycles. The number of nitrogens with zero attached hydrogens (tertiary/aromatic N) is 3. The number of non-ortho nitro benzene ring substituents is 1. The molecule has 0 spiro atoms. The Balaban J connectivity index is 1.39. The number of imide groups is 1. The van der Waals surface area contributed by atoms with E-state index < -0.39 is 52.8 Å². The fraction of sp³-hybridized carbons (Fsp3) is 0.179. The lowest BCUT2D eigenvalue weighted by Gasteiger charge is -2.30. The molecular weight excluding hydrogens is 538 g/mol. The molecule has 40 heavy (non-hydrogen) atoms. The third kappa shape index (κ3) is 5.16. The molecular formula is C28H21N3O8S. The van der Waals surface area contributed by atoms with Crippen molar-refractivity contribution in [3.63, 3.8) is 0 Å². The van der Waals surface area contributed by atoms with Gasteiger partial charge in [0.1, 0.15) is 17.2 Å². The lowest BCUT2D eigenvalue weighted by molar-refractivity contribution is -0.384. The van der Waals surface area contributed by atoms with E-state index in [4.69, 9.17) is 4.74 Å². The van der Waals surface area contributed by atoms with E-state index in [-0.39, 0.29) is 22.6 Å². The summed E-state index contributed by atoms with van der Waals surface area (Å²) in [6.07, 6.45) is 4.28. The van der Waals surface area contributed by atoms with Crippen LogP contribution in [-0.2, 0) is 9.59 Å². The number of carbonyl (C=O) groups is 5. The van der Waals surface area contributed by atoms with Crippen LogP contribution in [-0.4, -0.2) is 51.0 Å². The van der Waals surface area contributed by atoms with Crippen molar-refractivity contribution in [2.24, 2.45) is 11.8 Å². The van der Waals surface area contributed by atoms with Gasteiger partial charge in [0.05, 0.1) is 16.8 Å². The number of ketones is 1. The molecule has 2 atom stereocenters. The van der Waals surface area contributed by atoms with Gasteiger partial charge >= 0.3 is 5.97 Å². The van der Waals surface area contributed by atoms with Crippen molar-refractivity contribution in [2.45, 2.75) is 12.8 Å². The molecule has 3 aromatic rings.